The molecule has 0 fully saturated rings. The smallest absolute Gasteiger partial charge is 0.231 e. The Morgan fingerprint density at radius 3 is 2.78 bits per heavy atom. The van der Waals surface area contributed by atoms with Gasteiger partial charge in [0.25, 0.3) is 0 Å². The molecule has 140 valence electrons. The first-order valence-corrected chi connectivity index (χ1v) is 9.11. The second kappa shape index (κ2) is 7.08. The Bertz CT molecular complexity index is 928. The standard InChI is InChI=1S/C22H23NO4/c1-14(2)21-20(24)16-8-9-19-17(22(16)27-21)12-23(13-26-19)11-10-15-6-4-5-7-18(15)25-3/h4-9H,10-13H2,1-3H3. The average molecular weight is 365 g/mol. The molecule has 5 nitrogen and oxygen atoms in total. The molecule has 0 spiro atoms. The van der Waals surface area contributed by atoms with Gasteiger partial charge in [-0.2, -0.15) is 0 Å². The van der Waals surface area contributed by atoms with Crippen LogP contribution in [0.5, 0.6) is 17.2 Å². The van der Waals surface area contributed by atoms with Crippen molar-refractivity contribution in [3.8, 4) is 17.2 Å². The first kappa shape index (κ1) is 17.6. The fourth-order valence-electron chi connectivity index (χ4n) is 3.55. The quantitative estimate of drug-likeness (QED) is 0.768. The Morgan fingerprint density at radius 1 is 1.19 bits per heavy atom. The Morgan fingerprint density at radius 2 is 2.00 bits per heavy atom. The number of hydrogen-bond acceptors (Lipinski definition) is 5. The van der Waals surface area contributed by atoms with Crippen molar-refractivity contribution in [1.82, 2.24) is 4.90 Å². The molecule has 2 aromatic carbocycles. The highest BCUT2D eigenvalue weighted by Gasteiger charge is 2.34. The number of Topliss-reactive ketones (excluding diaryl/α,β-unsaturated/α-hetero) is 1. The number of benzene rings is 2. The maximum absolute atomic E-state index is 12.5. The highest BCUT2D eigenvalue weighted by atomic mass is 16.5. The Labute approximate surface area is 159 Å². The highest BCUT2D eigenvalue weighted by molar-refractivity contribution is 6.13. The van der Waals surface area contributed by atoms with Crippen molar-refractivity contribution in [2.45, 2.75) is 26.8 Å². The number of para-hydroxylation sites is 1. The van der Waals surface area contributed by atoms with Crippen LogP contribution in [0.1, 0.15) is 35.3 Å². The number of allylic oxidation sites excluding steroid dienone is 2. The first-order chi connectivity index (χ1) is 13.1. The molecule has 2 aromatic rings. The minimum atomic E-state index is -0.0426. The zero-order valence-electron chi connectivity index (χ0n) is 15.9. The summed E-state index contributed by atoms with van der Waals surface area (Å²) in [5, 5.41) is 0. The van der Waals surface area contributed by atoms with Gasteiger partial charge in [-0.1, -0.05) is 18.2 Å². The summed E-state index contributed by atoms with van der Waals surface area (Å²) in [6.45, 7) is 5.82. The molecule has 5 heteroatoms. The molecule has 2 aliphatic heterocycles. The summed E-state index contributed by atoms with van der Waals surface area (Å²) in [5.74, 6) is 2.74. The lowest BCUT2D eigenvalue weighted by Crippen LogP contribution is -2.33. The molecule has 0 N–H and O–H groups in total. The largest absolute Gasteiger partial charge is 0.496 e. The summed E-state index contributed by atoms with van der Waals surface area (Å²) in [5.41, 5.74) is 3.63. The molecule has 0 saturated heterocycles. The van der Waals surface area contributed by atoms with Crippen LogP contribution < -0.4 is 14.2 Å². The Hall–Kier alpha value is -2.79. The van der Waals surface area contributed by atoms with E-state index in [-0.39, 0.29) is 5.78 Å². The number of methoxy groups -OCH3 is 1. The lowest BCUT2D eigenvalue weighted by molar-refractivity contribution is 0.0947. The summed E-state index contributed by atoms with van der Waals surface area (Å²) >= 11 is 0. The third kappa shape index (κ3) is 3.19. The van der Waals surface area contributed by atoms with E-state index in [1.807, 2.05) is 38.1 Å². The Balaban J connectivity index is 1.54. The van der Waals surface area contributed by atoms with Gasteiger partial charge in [0.1, 0.15) is 24.0 Å². The minimum Gasteiger partial charge on any atom is -0.496 e. The van der Waals surface area contributed by atoms with Crippen molar-refractivity contribution in [3.63, 3.8) is 0 Å². The number of carbonyl (C=O) groups excluding carboxylic acids is 1. The van der Waals surface area contributed by atoms with Gasteiger partial charge in [-0.3, -0.25) is 9.69 Å². The molecular weight excluding hydrogens is 342 g/mol. The first-order valence-electron chi connectivity index (χ1n) is 9.11. The number of fused-ring (bicyclic) bond motifs is 3. The van der Waals surface area contributed by atoms with Gasteiger partial charge in [0.15, 0.2) is 5.76 Å². The van der Waals surface area contributed by atoms with Crippen LogP contribution in [0.2, 0.25) is 0 Å². The van der Waals surface area contributed by atoms with Crippen LogP contribution in [0.15, 0.2) is 47.7 Å². The normalized spacial score (nSPS) is 15.7. The number of nitrogens with zero attached hydrogens (tertiary/aromatic N) is 1. The third-order valence-electron chi connectivity index (χ3n) is 5.00. The molecule has 0 unspecified atom stereocenters. The number of ether oxygens (including phenoxy) is 3. The van der Waals surface area contributed by atoms with Crippen LogP contribution in [0.25, 0.3) is 0 Å². The van der Waals surface area contributed by atoms with Gasteiger partial charge in [0.2, 0.25) is 5.78 Å². The summed E-state index contributed by atoms with van der Waals surface area (Å²) < 4.78 is 17.3. The van der Waals surface area contributed by atoms with Gasteiger partial charge >= 0.3 is 0 Å². The zero-order chi connectivity index (χ0) is 19.0. The summed E-state index contributed by atoms with van der Waals surface area (Å²) in [6.07, 6.45) is 0.858. The average Bonchev–Trinajstić information content (AvgIpc) is 3.04. The number of hydrogen-bond donors (Lipinski definition) is 0. The molecule has 0 bridgehead atoms. The minimum absolute atomic E-state index is 0.0426. The fourth-order valence-corrected chi connectivity index (χ4v) is 3.55. The van der Waals surface area contributed by atoms with Crippen LogP contribution in [0.4, 0.5) is 0 Å². The van der Waals surface area contributed by atoms with Crippen LogP contribution >= 0.6 is 0 Å². The van der Waals surface area contributed by atoms with Gasteiger partial charge in [-0.05, 0) is 49.6 Å². The van der Waals surface area contributed by atoms with E-state index in [1.54, 1.807) is 13.2 Å². The van der Waals surface area contributed by atoms with E-state index in [4.69, 9.17) is 14.2 Å². The van der Waals surface area contributed by atoms with Crippen LogP contribution in [0, 0.1) is 0 Å². The van der Waals surface area contributed by atoms with E-state index in [9.17, 15) is 4.79 Å². The van der Waals surface area contributed by atoms with Crippen molar-refractivity contribution < 1.29 is 19.0 Å². The van der Waals surface area contributed by atoms with E-state index in [1.165, 1.54) is 5.56 Å². The summed E-state index contributed by atoms with van der Waals surface area (Å²) in [4.78, 5) is 14.7. The van der Waals surface area contributed by atoms with E-state index in [0.29, 0.717) is 30.3 Å². The highest BCUT2D eigenvalue weighted by Crippen LogP contribution is 2.42. The van der Waals surface area contributed by atoms with Crippen LogP contribution in [0.3, 0.4) is 0 Å². The maximum Gasteiger partial charge on any atom is 0.231 e. The fraction of sp³-hybridized carbons (Fsp3) is 0.318. The van der Waals surface area contributed by atoms with Crippen molar-refractivity contribution in [3.05, 3.63) is 64.4 Å². The molecule has 0 amide bonds. The SMILES string of the molecule is COc1ccccc1CCN1COc2ccc3c(c2C1)OC(=C(C)C)C3=O. The van der Waals surface area contributed by atoms with Gasteiger partial charge in [0, 0.05) is 13.1 Å². The molecular formula is C22H23NO4. The number of rotatable bonds is 4. The van der Waals surface area contributed by atoms with Crippen molar-refractivity contribution >= 4 is 5.78 Å². The maximum atomic E-state index is 12.5. The van der Waals surface area contributed by atoms with Gasteiger partial charge in [0.05, 0.1) is 18.2 Å². The predicted octanol–water partition coefficient (Wildman–Crippen LogP) is 3.96. The molecule has 2 heterocycles. The molecule has 0 aliphatic carbocycles. The molecule has 0 aromatic heterocycles. The molecule has 0 saturated carbocycles. The van der Waals surface area contributed by atoms with E-state index in [2.05, 4.69) is 11.0 Å². The van der Waals surface area contributed by atoms with Gasteiger partial charge < -0.3 is 14.2 Å². The van der Waals surface area contributed by atoms with E-state index in [0.717, 1.165) is 35.6 Å². The predicted molar refractivity (Wildman–Crippen MR) is 102 cm³/mol. The lowest BCUT2D eigenvalue weighted by atomic mass is 10.0. The summed E-state index contributed by atoms with van der Waals surface area (Å²) in [7, 11) is 1.69. The summed E-state index contributed by atoms with van der Waals surface area (Å²) in [6, 6.07) is 11.7. The molecule has 0 radical (unpaired) electrons. The molecule has 0 atom stereocenters. The number of carbonyl (C=O) groups is 1. The van der Waals surface area contributed by atoms with Crippen molar-refractivity contribution in [2.24, 2.45) is 0 Å². The van der Waals surface area contributed by atoms with Crippen molar-refractivity contribution in [2.75, 3.05) is 20.4 Å². The van der Waals surface area contributed by atoms with E-state index < -0.39 is 0 Å². The van der Waals surface area contributed by atoms with Crippen LogP contribution in [-0.4, -0.2) is 31.1 Å². The Kier molecular flexibility index (Phi) is 4.62. The lowest BCUT2D eigenvalue weighted by Gasteiger charge is -2.29. The van der Waals surface area contributed by atoms with Gasteiger partial charge in [-0.25, -0.2) is 0 Å². The molecule has 2 aliphatic rings. The molecule has 4 rings (SSSR count). The van der Waals surface area contributed by atoms with Crippen molar-refractivity contribution in [1.29, 1.82) is 0 Å². The van der Waals surface area contributed by atoms with Gasteiger partial charge in [-0.15, -0.1) is 0 Å². The van der Waals surface area contributed by atoms with E-state index >= 15 is 0 Å². The second-order valence-corrected chi connectivity index (χ2v) is 7.07. The van der Waals surface area contributed by atoms with Crippen LogP contribution in [-0.2, 0) is 13.0 Å². The number of ketones is 1. The zero-order valence-corrected chi connectivity index (χ0v) is 15.9. The molecule has 27 heavy (non-hydrogen) atoms. The second-order valence-electron chi connectivity index (χ2n) is 7.07. The topological polar surface area (TPSA) is 48.0 Å². The monoisotopic (exact) mass is 365 g/mol. The third-order valence-corrected chi connectivity index (χ3v) is 5.00.